The van der Waals surface area contributed by atoms with Crippen molar-refractivity contribution in [3.63, 3.8) is 0 Å². The van der Waals surface area contributed by atoms with Gasteiger partial charge in [-0.05, 0) is 32.1 Å². The molecule has 1 aliphatic heterocycles. The fraction of sp³-hybridized carbons (Fsp3) is 0.846. The number of rotatable bonds is 4. The second kappa shape index (κ2) is 5.36. The van der Waals surface area contributed by atoms with Gasteiger partial charge < -0.3 is 21.0 Å². The third-order valence-corrected chi connectivity index (χ3v) is 4.48. The molecule has 0 aromatic rings. The molecule has 2 unspecified atom stereocenters. The fourth-order valence-electron chi connectivity index (χ4n) is 3.17. The van der Waals surface area contributed by atoms with Gasteiger partial charge in [0.2, 0.25) is 5.91 Å². The zero-order valence-corrected chi connectivity index (χ0v) is 11.6. The summed E-state index contributed by atoms with van der Waals surface area (Å²) < 4.78 is 5.47. The normalized spacial score (nSPS) is 38.8. The van der Waals surface area contributed by atoms with Crippen LogP contribution in [-0.2, 0) is 9.53 Å². The van der Waals surface area contributed by atoms with Crippen molar-refractivity contribution in [2.45, 2.75) is 39.2 Å². The first-order chi connectivity index (χ1) is 8.99. The van der Waals surface area contributed by atoms with Crippen molar-refractivity contribution in [3.05, 3.63) is 0 Å². The number of amidine groups is 1. The number of hydrogen-bond acceptors (Lipinski definition) is 4. The first-order valence-electron chi connectivity index (χ1n) is 6.87. The third kappa shape index (κ3) is 2.54. The summed E-state index contributed by atoms with van der Waals surface area (Å²) in [7, 11) is 0. The number of carbonyl (C=O) groups excluding carboxylic acids is 1. The molecule has 108 valence electrons. The van der Waals surface area contributed by atoms with Crippen LogP contribution in [0.5, 0.6) is 0 Å². The van der Waals surface area contributed by atoms with E-state index in [1.807, 2.05) is 6.92 Å². The van der Waals surface area contributed by atoms with E-state index in [2.05, 4.69) is 17.4 Å². The minimum absolute atomic E-state index is 0.0267. The highest BCUT2D eigenvalue weighted by molar-refractivity contribution is 6.07. The van der Waals surface area contributed by atoms with E-state index in [9.17, 15) is 4.79 Å². The van der Waals surface area contributed by atoms with Gasteiger partial charge >= 0.3 is 0 Å². The van der Waals surface area contributed by atoms with Crippen LogP contribution in [0, 0.1) is 17.3 Å². The van der Waals surface area contributed by atoms with Gasteiger partial charge in [0.1, 0.15) is 5.41 Å². The Balaban J connectivity index is 1.94. The molecule has 6 nitrogen and oxygen atoms in total. The van der Waals surface area contributed by atoms with Crippen LogP contribution in [0.1, 0.15) is 33.1 Å². The van der Waals surface area contributed by atoms with Crippen LogP contribution >= 0.6 is 0 Å². The zero-order chi connectivity index (χ0) is 14.0. The van der Waals surface area contributed by atoms with E-state index in [0.29, 0.717) is 31.2 Å². The van der Waals surface area contributed by atoms with Crippen molar-refractivity contribution in [1.29, 1.82) is 0 Å². The molecular weight excluding hydrogens is 246 g/mol. The van der Waals surface area contributed by atoms with E-state index in [1.165, 1.54) is 0 Å². The molecule has 0 aromatic heterocycles. The molecule has 4 N–H and O–H groups in total. The van der Waals surface area contributed by atoms with E-state index < -0.39 is 5.41 Å². The summed E-state index contributed by atoms with van der Waals surface area (Å²) in [4.78, 5) is 12.3. The van der Waals surface area contributed by atoms with Gasteiger partial charge in [-0.3, -0.25) is 4.79 Å². The Hall–Kier alpha value is -1.30. The number of carbonyl (C=O) groups is 1. The summed E-state index contributed by atoms with van der Waals surface area (Å²) in [5.74, 6) is 0.685. The van der Waals surface area contributed by atoms with Gasteiger partial charge in [-0.2, -0.15) is 0 Å². The maximum absolute atomic E-state index is 12.3. The smallest absolute Gasteiger partial charge is 0.233 e. The number of ether oxygens (including phenoxy) is 1. The van der Waals surface area contributed by atoms with Crippen molar-refractivity contribution in [2.24, 2.45) is 28.1 Å². The Bertz CT molecular complexity index is 377. The summed E-state index contributed by atoms with van der Waals surface area (Å²) in [5.41, 5.74) is 4.89. The van der Waals surface area contributed by atoms with Crippen LogP contribution in [0.2, 0.25) is 0 Å². The lowest BCUT2D eigenvalue weighted by atomic mass is 9.61. The fourth-order valence-corrected chi connectivity index (χ4v) is 3.17. The minimum Gasteiger partial charge on any atom is -0.409 e. The van der Waals surface area contributed by atoms with Gasteiger partial charge in [0.05, 0.1) is 6.10 Å². The van der Waals surface area contributed by atoms with E-state index in [1.54, 1.807) is 0 Å². The Kier molecular flexibility index (Phi) is 3.99. The van der Waals surface area contributed by atoms with E-state index in [0.717, 1.165) is 13.0 Å². The summed E-state index contributed by atoms with van der Waals surface area (Å²) >= 11 is 0. The molecule has 1 saturated heterocycles. The van der Waals surface area contributed by atoms with Crippen molar-refractivity contribution < 1.29 is 14.7 Å². The first kappa shape index (κ1) is 14.1. The number of nitrogens with zero attached hydrogens (tertiary/aromatic N) is 1. The van der Waals surface area contributed by atoms with Gasteiger partial charge in [-0.15, -0.1) is 0 Å². The highest BCUT2D eigenvalue weighted by atomic mass is 16.5. The number of nitrogens with one attached hydrogen (secondary N) is 1. The van der Waals surface area contributed by atoms with E-state index in [-0.39, 0.29) is 17.8 Å². The zero-order valence-electron chi connectivity index (χ0n) is 11.6. The lowest BCUT2D eigenvalue weighted by Crippen LogP contribution is -2.57. The molecule has 1 heterocycles. The first-order valence-corrected chi connectivity index (χ1v) is 6.87. The van der Waals surface area contributed by atoms with Gasteiger partial charge in [-0.1, -0.05) is 12.1 Å². The van der Waals surface area contributed by atoms with E-state index in [4.69, 9.17) is 15.7 Å². The average molecular weight is 269 g/mol. The van der Waals surface area contributed by atoms with Gasteiger partial charge in [0.15, 0.2) is 5.84 Å². The van der Waals surface area contributed by atoms with Crippen LogP contribution < -0.4 is 11.1 Å². The van der Waals surface area contributed by atoms with Crippen molar-refractivity contribution in [2.75, 3.05) is 13.2 Å². The molecule has 1 amide bonds. The van der Waals surface area contributed by atoms with Gasteiger partial charge in [-0.25, -0.2) is 0 Å². The monoisotopic (exact) mass is 269 g/mol. The third-order valence-electron chi connectivity index (χ3n) is 4.48. The summed E-state index contributed by atoms with van der Waals surface area (Å²) in [5, 5.41) is 14.8. The van der Waals surface area contributed by atoms with Crippen LogP contribution in [0.4, 0.5) is 0 Å². The minimum atomic E-state index is -0.809. The highest BCUT2D eigenvalue weighted by Crippen LogP contribution is 2.45. The van der Waals surface area contributed by atoms with Gasteiger partial charge in [0, 0.05) is 19.1 Å². The second-order valence-electron chi connectivity index (χ2n) is 5.92. The molecule has 2 fully saturated rings. The van der Waals surface area contributed by atoms with Crippen LogP contribution in [0.25, 0.3) is 0 Å². The molecule has 0 bridgehead atoms. The summed E-state index contributed by atoms with van der Waals surface area (Å²) in [6.07, 6.45) is 2.44. The Morgan fingerprint density at radius 3 is 2.68 bits per heavy atom. The van der Waals surface area contributed by atoms with Gasteiger partial charge in [0.25, 0.3) is 0 Å². The van der Waals surface area contributed by atoms with Crippen molar-refractivity contribution in [3.8, 4) is 0 Å². The van der Waals surface area contributed by atoms with Crippen molar-refractivity contribution >= 4 is 11.7 Å². The standard InChI is InChI=1S/C13H23N3O3/c1-8-5-13(6-8,11(14)16-18)12(17)15-7-10-3-4-19-9(10)2/h8-10,18H,3-7H2,1-2H3,(H2,14,16)(H,15,17). The number of hydrogen-bond donors (Lipinski definition) is 3. The Morgan fingerprint density at radius 1 is 1.53 bits per heavy atom. The lowest BCUT2D eigenvalue weighted by Gasteiger charge is -2.43. The predicted octanol–water partition coefficient (Wildman–Crippen LogP) is 0.690. The molecule has 0 radical (unpaired) electrons. The largest absolute Gasteiger partial charge is 0.409 e. The molecule has 0 aromatic carbocycles. The molecular formula is C13H23N3O3. The molecule has 2 rings (SSSR count). The quantitative estimate of drug-likeness (QED) is 0.303. The average Bonchev–Trinajstić information content (AvgIpc) is 2.76. The Labute approximate surface area is 113 Å². The number of amides is 1. The summed E-state index contributed by atoms with van der Waals surface area (Å²) in [6, 6.07) is 0. The molecule has 2 atom stereocenters. The highest BCUT2D eigenvalue weighted by Gasteiger charge is 2.52. The van der Waals surface area contributed by atoms with Crippen LogP contribution in [0.15, 0.2) is 5.16 Å². The molecule has 2 aliphatic rings. The lowest BCUT2D eigenvalue weighted by molar-refractivity contribution is -0.133. The second-order valence-corrected chi connectivity index (χ2v) is 5.92. The molecule has 0 spiro atoms. The predicted molar refractivity (Wildman–Crippen MR) is 70.8 cm³/mol. The van der Waals surface area contributed by atoms with E-state index >= 15 is 0 Å². The SMILES string of the molecule is CC1CC(C(=O)NCC2CCOC2C)(C(N)=NO)C1. The maximum atomic E-state index is 12.3. The topological polar surface area (TPSA) is 96.9 Å². The molecule has 19 heavy (non-hydrogen) atoms. The molecule has 1 aliphatic carbocycles. The maximum Gasteiger partial charge on any atom is 0.233 e. The number of oxime groups is 1. The molecule has 1 saturated carbocycles. The van der Waals surface area contributed by atoms with Crippen LogP contribution in [-0.4, -0.2) is 36.2 Å². The molecule has 6 heteroatoms. The summed E-state index contributed by atoms with van der Waals surface area (Å²) in [6.45, 7) is 5.43. The van der Waals surface area contributed by atoms with Crippen molar-refractivity contribution in [1.82, 2.24) is 5.32 Å². The van der Waals surface area contributed by atoms with Crippen LogP contribution in [0.3, 0.4) is 0 Å². The Morgan fingerprint density at radius 2 is 2.21 bits per heavy atom. The number of nitrogens with two attached hydrogens (primary N) is 1.